The van der Waals surface area contributed by atoms with Gasteiger partial charge in [-0.15, -0.1) is 12.4 Å². The molecule has 0 bridgehead atoms. The van der Waals surface area contributed by atoms with Gasteiger partial charge >= 0.3 is 0 Å². The SMILES string of the molecule is CNC(C)CNC(=O)c1cnc2onc(C)c2c1.Cl. The number of amides is 1. The molecule has 0 aromatic carbocycles. The van der Waals surface area contributed by atoms with E-state index in [1.54, 1.807) is 6.07 Å². The Kier molecular flexibility index (Phi) is 5.26. The summed E-state index contributed by atoms with van der Waals surface area (Å²) >= 11 is 0. The number of pyridine rings is 1. The van der Waals surface area contributed by atoms with Crippen LogP contribution in [0.4, 0.5) is 0 Å². The summed E-state index contributed by atoms with van der Waals surface area (Å²) in [6.07, 6.45) is 1.49. The Morgan fingerprint density at radius 1 is 1.53 bits per heavy atom. The fraction of sp³-hybridized carbons (Fsp3) is 0.417. The maximum atomic E-state index is 11.9. The lowest BCUT2D eigenvalue weighted by Gasteiger charge is -2.11. The summed E-state index contributed by atoms with van der Waals surface area (Å²) < 4.78 is 5.00. The van der Waals surface area contributed by atoms with Gasteiger partial charge in [0, 0.05) is 18.8 Å². The summed E-state index contributed by atoms with van der Waals surface area (Å²) in [4.78, 5) is 16.0. The van der Waals surface area contributed by atoms with Crippen LogP contribution < -0.4 is 10.6 Å². The van der Waals surface area contributed by atoms with Crippen LogP contribution in [0.25, 0.3) is 11.1 Å². The highest BCUT2D eigenvalue weighted by molar-refractivity contribution is 5.96. The minimum absolute atomic E-state index is 0. The standard InChI is InChI=1S/C12H16N4O2.ClH/c1-7(13-3)5-14-11(17)9-4-10-8(2)16-18-12(10)15-6-9;/h4,6-7,13H,5H2,1-3H3,(H,14,17);1H. The number of hydrogen-bond donors (Lipinski definition) is 2. The summed E-state index contributed by atoms with van der Waals surface area (Å²) in [5.41, 5.74) is 1.69. The molecule has 0 aliphatic rings. The number of hydrogen-bond acceptors (Lipinski definition) is 5. The third-order valence-corrected chi connectivity index (χ3v) is 2.83. The van der Waals surface area contributed by atoms with Gasteiger partial charge in [-0.05, 0) is 27.0 Å². The molecule has 0 aliphatic heterocycles. The van der Waals surface area contributed by atoms with Crippen molar-refractivity contribution in [2.45, 2.75) is 19.9 Å². The predicted octanol–water partition coefficient (Wildman–Crippen LogP) is 1.29. The zero-order chi connectivity index (χ0) is 13.1. The van der Waals surface area contributed by atoms with Crippen molar-refractivity contribution in [1.82, 2.24) is 20.8 Å². The molecule has 2 N–H and O–H groups in total. The van der Waals surface area contributed by atoms with E-state index in [4.69, 9.17) is 4.52 Å². The molecule has 2 aromatic rings. The van der Waals surface area contributed by atoms with Crippen molar-refractivity contribution in [2.24, 2.45) is 0 Å². The van der Waals surface area contributed by atoms with E-state index in [-0.39, 0.29) is 24.4 Å². The van der Waals surface area contributed by atoms with Gasteiger partial charge in [0.15, 0.2) is 0 Å². The first kappa shape index (κ1) is 15.4. The second-order valence-electron chi connectivity index (χ2n) is 4.24. The first-order valence-corrected chi connectivity index (χ1v) is 5.79. The molecule has 7 heteroatoms. The van der Waals surface area contributed by atoms with Crippen molar-refractivity contribution >= 4 is 29.4 Å². The molecule has 2 heterocycles. The largest absolute Gasteiger partial charge is 0.350 e. The number of likely N-dealkylation sites (N-methyl/N-ethyl adjacent to an activating group) is 1. The molecule has 1 amide bonds. The average molecular weight is 285 g/mol. The first-order chi connectivity index (χ1) is 8.61. The molecule has 0 fully saturated rings. The maximum absolute atomic E-state index is 11.9. The van der Waals surface area contributed by atoms with E-state index in [1.165, 1.54) is 6.20 Å². The summed E-state index contributed by atoms with van der Waals surface area (Å²) in [5.74, 6) is -0.146. The van der Waals surface area contributed by atoms with E-state index < -0.39 is 0 Å². The van der Waals surface area contributed by atoms with Crippen molar-refractivity contribution in [2.75, 3.05) is 13.6 Å². The number of rotatable bonds is 4. The molecule has 0 aliphatic carbocycles. The van der Waals surface area contributed by atoms with Crippen LogP contribution in [0.1, 0.15) is 23.0 Å². The van der Waals surface area contributed by atoms with Crippen molar-refractivity contribution < 1.29 is 9.32 Å². The maximum Gasteiger partial charge on any atom is 0.257 e. The van der Waals surface area contributed by atoms with Crippen LogP contribution in [0, 0.1) is 6.92 Å². The summed E-state index contributed by atoms with van der Waals surface area (Å²) in [7, 11) is 1.85. The molecular weight excluding hydrogens is 268 g/mol. The number of nitrogens with one attached hydrogen (secondary N) is 2. The second-order valence-corrected chi connectivity index (χ2v) is 4.24. The summed E-state index contributed by atoms with van der Waals surface area (Å²) in [5, 5.41) is 10.5. The van der Waals surface area contributed by atoms with Gasteiger partial charge in [-0.25, -0.2) is 4.98 Å². The van der Waals surface area contributed by atoms with Gasteiger partial charge in [0.2, 0.25) is 0 Å². The minimum atomic E-state index is -0.146. The molecule has 1 unspecified atom stereocenters. The normalized spacial score (nSPS) is 11.9. The van der Waals surface area contributed by atoms with Gasteiger partial charge in [-0.1, -0.05) is 5.16 Å². The zero-order valence-corrected chi connectivity index (χ0v) is 11.9. The van der Waals surface area contributed by atoms with Crippen LogP contribution in [0.15, 0.2) is 16.8 Å². The number of aryl methyl sites for hydroxylation is 1. The predicted molar refractivity (Wildman–Crippen MR) is 74.6 cm³/mol. The molecular formula is C12H17ClN4O2. The van der Waals surface area contributed by atoms with E-state index in [2.05, 4.69) is 20.8 Å². The van der Waals surface area contributed by atoms with Crippen LogP contribution in [-0.4, -0.2) is 35.7 Å². The molecule has 0 saturated heterocycles. The van der Waals surface area contributed by atoms with E-state index >= 15 is 0 Å². The molecule has 2 rings (SSSR count). The Labute approximate surface area is 117 Å². The number of aromatic nitrogens is 2. The van der Waals surface area contributed by atoms with Gasteiger partial charge in [0.25, 0.3) is 11.6 Å². The molecule has 1 atom stereocenters. The van der Waals surface area contributed by atoms with Crippen LogP contribution >= 0.6 is 12.4 Å². The number of fused-ring (bicyclic) bond motifs is 1. The molecule has 6 nitrogen and oxygen atoms in total. The van der Waals surface area contributed by atoms with Crippen molar-refractivity contribution in [1.29, 1.82) is 0 Å². The second kappa shape index (κ2) is 6.49. The van der Waals surface area contributed by atoms with E-state index in [1.807, 2.05) is 20.9 Å². The number of carbonyl (C=O) groups excluding carboxylic acids is 1. The zero-order valence-electron chi connectivity index (χ0n) is 11.1. The van der Waals surface area contributed by atoms with E-state index in [0.29, 0.717) is 17.8 Å². The number of nitrogens with zero attached hydrogens (tertiary/aromatic N) is 2. The fourth-order valence-corrected chi connectivity index (χ4v) is 1.52. The molecule has 0 saturated carbocycles. The lowest BCUT2D eigenvalue weighted by atomic mass is 10.2. The average Bonchev–Trinajstić information content (AvgIpc) is 2.76. The van der Waals surface area contributed by atoms with Crippen LogP contribution in [0.5, 0.6) is 0 Å². The highest BCUT2D eigenvalue weighted by Gasteiger charge is 2.11. The lowest BCUT2D eigenvalue weighted by molar-refractivity contribution is 0.0950. The van der Waals surface area contributed by atoms with Gasteiger partial charge < -0.3 is 15.2 Å². The highest BCUT2D eigenvalue weighted by atomic mass is 35.5. The third-order valence-electron chi connectivity index (χ3n) is 2.83. The molecule has 19 heavy (non-hydrogen) atoms. The molecule has 0 spiro atoms. The summed E-state index contributed by atoms with van der Waals surface area (Å²) in [6, 6.07) is 1.97. The van der Waals surface area contributed by atoms with Gasteiger partial charge in [0.05, 0.1) is 16.6 Å². The van der Waals surface area contributed by atoms with Crippen LogP contribution in [0.3, 0.4) is 0 Å². The third kappa shape index (κ3) is 3.42. The Morgan fingerprint density at radius 3 is 2.95 bits per heavy atom. The van der Waals surface area contributed by atoms with Crippen LogP contribution in [0.2, 0.25) is 0 Å². The topological polar surface area (TPSA) is 80.0 Å². The van der Waals surface area contributed by atoms with Crippen molar-refractivity contribution in [3.8, 4) is 0 Å². The molecule has 2 aromatic heterocycles. The fourth-order valence-electron chi connectivity index (χ4n) is 1.52. The van der Waals surface area contributed by atoms with Gasteiger partial charge in [-0.3, -0.25) is 4.79 Å². The van der Waals surface area contributed by atoms with Crippen LogP contribution in [-0.2, 0) is 0 Å². The van der Waals surface area contributed by atoms with E-state index in [0.717, 1.165) is 11.1 Å². The Balaban J connectivity index is 0.00000180. The highest BCUT2D eigenvalue weighted by Crippen LogP contribution is 2.16. The Hall–Kier alpha value is -1.66. The van der Waals surface area contributed by atoms with Crippen molar-refractivity contribution in [3.05, 3.63) is 23.5 Å². The quantitative estimate of drug-likeness (QED) is 0.884. The monoisotopic (exact) mass is 284 g/mol. The number of halogens is 1. The molecule has 0 radical (unpaired) electrons. The first-order valence-electron chi connectivity index (χ1n) is 5.79. The number of carbonyl (C=O) groups is 1. The smallest absolute Gasteiger partial charge is 0.257 e. The Morgan fingerprint density at radius 2 is 2.26 bits per heavy atom. The van der Waals surface area contributed by atoms with Gasteiger partial charge in [0.1, 0.15) is 0 Å². The Bertz CT molecular complexity index is 570. The van der Waals surface area contributed by atoms with Gasteiger partial charge in [-0.2, -0.15) is 0 Å². The minimum Gasteiger partial charge on any atom is -0.350 e. The van der Waals surface area contributed by atoms with E-state index in [9.17, 15) is 4.79 Å². The summed E-state index contributed by atoms with van der Waals surface area (Å²) in [6.45, 7) is 4.38. The lowest BCUT2D eigenvalue weighted by Crippen LogP contribution is -2.37. The molecule has 104 valence electrons. The van der Waals surface area contributed by atoms with Crippen molar-refractivity contribution in [3.63, 3.8) is 0 Å².